The largest absolute Gasteiger partial charge is 0.507 e. The number of thiazole rings is 1. The van der Waals surface area contributed by atoms with Crippen LogP contribution in [-0.2, 0) is 18.4 Å². The number of hydrogen-bond donors (Lipinski definition) is 1. The maximum absolute atomic E-state index is 12.3. The van der Waals surface area contributed by atoms with Gasteiger partial charge in [0.15, 0.2) is 0 Å². The first-order chi connectivity index (χ1) is 12.6. The summed E-state index contributed by atoms with van der Waals surface area (Å²) in [5.41, 5.74) is 1.72. The second-order valence-electron chi connectivity index (χ2n) is 5.84. The Morgan fingerprint density at radius 2 is 2.04 bits per heavy atom. The molecule has 4 aromatic rings. The van der Waals surface area contributed by atoms with Gasteiger partial charge in [-0.15, -0.1) is 11.3 Å². The van der Waals surface area contributed by atoms with Crippen molar-refractivity contribution in [2.24, 2.45) is 7.05 Å². The van der Waals surface area contributed by atoms with Gasteiger partial charge in [0.05, 0.1) is 11.9 Å². The number of carbonyl (C=O) groups is 1. The molecule has 0 atom stereocenters. The highest BCUT2D eigenvalue weighted by Gasteiger charge is 2.15. The molecule has 0 radical (unpaired) electrons. The number of aromatic nitrogens is 3. The van der Waals surface area contributed by atoms with Gasteiger partial charge in [-0.3, -0.25) is 4.68 Å². The number of esters is 1. The lowest BCUT2D eigenvalue weighted by Crippen LogP contribution is -2.06. The quantitative estimate of drug-likeness (QED) is 0.557. The van der Waals surface area contributed by atoms with E-state index >= 15 is 0 Å². The zero-order valence-electron chi connectivity index (χ0n) is 13.9. The lowest BCUT2D eigenvalue weighted by Gasteiger charge is -2.07. The first kappa shape index (κ1) is 16.3. The number of aromatic hydroxyl groups is 1. The molecule has 0 saturated carbocycles. The van der Waals surface area contributed by atoms with Gasteiger partial charge in [-0.2, -0.15) is 5.10 Å². The van der Waals surface area contributed by atoms with Crippen LogP contribution in [0.25, 0.3) is 21.3 Å². The summed E-state index contributed by atoms with van der Waals surface area (Å²) < 4.78 is 7.03. The fourth-order valence-corrected chi connectivity index (χ4v) is 3.43. The van der Waals surface area contributed by atoms with Crippen LogP contribution in [0.5, 0.6) is 5.75 Å². The predicted molar refractivity (Wildman–Crippen MR) is 99.0 cm³/mol. The average Bonchev–Trinajstić information content (AvgIpc) is 3.28. The molecule has 0 spiro atoms. The van der Waals surface area contributed by atoms with E-state index in [-0.39, 0.29) is 17.9 Å². The highest BCUT2D eigenvalue weighted by molar-refractivity contribution is 7.13. The summed E-state index contributed by atoms with van der Waals surface area (Å²) in [6, 6.07) is 10.7. The maximum Gasteiger partial charge on any atom is 0.342 e. The summed E-state index contributed by atoms with van der Waals surface area (Å²) >= 11 is 1.46. The summed E-state index contributed by atoms with van der Waals surface area (Å²) in [6.07, 6.45) is 3.61. The molecule has 0 amide bonds. The Hall–Kier alpha value is -3.19. The van der Waals surface area contributed by atoms with Gasteiger partial charge < -0.3 is 9.84 Å². The van der Waals surface area contributed by atoms with Gasteiger partial charge in [-0.05, 0) is 22.9 Å². The number of rotatable bonds is 4. The molecule has 2 aromatic heterocycles. The van der Waals surface area contributed by atoms with Crippen molar-refractivity contribution in [2.75, 3.05) is 0 Å². The van der Waals surface area contributed by atoms with Gasteiger partial charge in [0.2, 0.25) is 0 Å². The third-order valence-electron chi connectivity index (χ3n) is 3.94. The molecule has 0 unspecified atom stereocenters. The summed E-state index contributed by atoms with van der Waals surface area (Å²) in [4.78, 5) is 16.8. The van der Waals surface area contributed by atoms with Gasteiger partial charge in [0.25, 0.3) is 0 Å². The first-order valence-corrected chi connectivity index (χ1v) is 8.80. The highest BCUT2D eigenvalue weighted by atomic mass is 32.1. The van der Waals surface area contributed by atoms with Crippen molar-refractivity contribution in [1.82, 2.24) is 14.8 Å². The van der Waals surface area contributed by atoms with E-state index in [1.165, 1.54) is 11.3 Å². The summed E-state index contributed by atoms with van der Waals surface area (Å²) in [7, 11) is 1.84. The normalized spacial score (nSPS) is 11.0. The lowest BCUT2D eigenvalue weighted by molar-refractivity contribution is 0.0465. The van der Waals surface area contributed by atoms with Crippen molar-refractivity contribution in [2.45, 2.75) is 6.61 Å². The standard InChI is InChI=1S/C19H15N3O3S/c1-22-9-14(8-20-22)18-21-15(11-26-18)10-25-19(24)16-6-12-4-2-3-5-13(12)7-17(16)23/h2-9,11,23H,10H2,1H3. The molecule has 0 fully saturated rings. The van der Waals surface area contributed by atoms with E-state index in [1.54, 1.807) is 23.0 Å². The Kier molecular flexibility index (Phi) is 4.14. The van der Waals surface area contributed by atoms with Gasteiger partial charge in [0.1, 0.15) is 22.9 Å². The van der Waals surface area contributed by atoms with E-state index in [0.717, 1.165) is 21.3 Å². The van der Waals surface area contributed by atoms with E-state index in [2.05, 4.69) is 10.1 Å². The zero-order valence-corrected chi connectivity index (χ0v) is 14.7. The van der Waals surface area contributed by atoms with Crippen LogP contribution in [0.3, 0.4) is 0 Å². The minimum Gasteiger partial charge on any atom is -0.507 e. The van der Waals surface area contributed by atoms with Gasteiger partial charge in [-0.25, -0.2) is 9.78 Å². The Morgan fingerprint density at radius 3 is 2.77 bits per heavy atom. The van der Waals surface area contributed by atoms with E-state index in [4.69, 9.17) is 4.74 Å². The number of fused-ring (bicyclic) bond motifs is 1. The van der Waals surface area contributed by atoms with E-state index in [1.807, 2.05) is 42.9 Å². The molecule has 0 saturated heterocycles. The van der Waals surface area contributed by atoms with Gasteiger partial charge >= 0.3 is 5.97 Å². The molecule has 26 heavy (non-hydrogen) atoms. The number of nitrogens with zero attached hydrogens (tertiary/aromatic N) is 3. The van der Waals surface area contributed by atoms with Crippen LogP contribution < -0.4 is 0 Å². The average molecular weight is 365 g/mol. The lowest BCUT2D eigenvalue weighted by atomic mass is 10.1. The van der Waals surface area contributed by atoms with Crippen LogP contribution in [0.2, 0.25) is 0 Å². The molecule has 6 nitrogen and oxygen atoms in total. The number of phenolic OH excluding ortho intramolecular Hbond substituents is 1. The van der Waals surface area contributed by atoms with Crippen molar-refractivity contribution >= 4 is 28.1 Å². The SMILES string of the molecule is Cn1cc(-c2nc(COC(=O)c3cc4ccccc4cc3O)cs2)cn1. The van der Waals surface area contributed by atoms with Crippen LogP contribution >= 0.6 is 11.3 Å². The second kappa shape index (κ2) is 6.61. The van der Waals surface area contributed by atoms with Crippen LogP contribution in [0.1, 0.15) is 16.1 Å². The Labute approximate surface area is 153 Å². The number of carbonyl (C=O) groups excluding carboxylic acids is 1. The molecule has 0 aliphatic heterocycles. The highest BCUT2D eigenvalue weighted by Crippen LogP contribution is 2.27. The van der Waals surface area contributed by atoms with E-state index in [0.29, 0.717) is 5.69 Å². The fraction of sp³-hybridized carbons (Fsp3) is 0.105. The number of aryl methyl sites for hydroxylation is 1. The molecule has 2 heterocycles. The molecule has 1 N–H and O–H groups in total. The molecule has 0 aliphatic carbocycles. The van der Waals surface area contributed by atoms with Crippen LogP contribution in [0, 0.1) is 0 Å². The summed E-state index contributed by atoms with van der Waals surface area (Å²) in [5, 5.41) is 18.6. The van der Waals surface area contributed by atoms with Crippen LogP contribution in [0.15, 0.2) is 54.2 Å². The maximum atomic E-state index is 12.3. The summed E-state index contributed by atoms with van der Waals surface area (Å²) in [6.45, 7) is 0.0435. The second-order valence-corrected chi connectivity index (χ2v) is 6.70. The fourth-order valence-electron chi connectivity index (χ4n) is 2.65. The van der Waals surface area contributed by atoms with Crippen LogP contribution in [0.4, 0.5) is 0 Å². The molecule has 2 aromatic carbocycles. The molecule has 7 heteroatoms. The summed E-state index contributed by atoms with van der Waals surface area (Å²) in [5.74, 6) is -0.674. The molecule has 0 aliphatic rings. The smallest absolute Gasteiger partial charge is 0.342 e. The van der Waals surface area contributed by atoms with Crippen molar-refractivity contribution in [3.05, 3.63) is 65.4 Å². The Morgan fingerprint density at radius 1 is 1.27 bits per heavy atom. The van der Waals surface area contributed by atoms with Crippen molar-refractivity contribution in [1.29, 1.82) is 0 Å². The predicted octanol–water partition coefficient (Wildman–Crippen LogP) is 3.76. The van der Waals surface area contributed by atoms with Gasteiger partial charge in [0, 0.05) is 24.2 Å². The van der Waals surface area contributed by atoms with E-state index < -0.39 is 5.97 Å². The van der Waals surface area contributed by atoms with Crippen molar-refractivity contribution in [3.63, 3.8) is 0 Å². The molecule has 130 valence electrons. The third kappa shape index (κ3) is 3.16. The molecule has 0 bridgehead atoms. The molecular weight excluding hydrogens is 350 g/mol. The number of ether oxygens (including phenoxy) is 1. The minimum atomic E-state index is -0.579. The first-order valence-electron chi connectivity index (χ1n) is 7.92. The number of hydrogen-bond acceptors (Lipinski definition) is 6. The van der Waals surface area contributed by atoms with E-state index in [9.17, 15) is 9.90 Å². The third-order valence-corrected chi connectivity index (χ3v) is 4.88. The van der Waals surface area contributed by atoms with Crippen molar-refractivity contribution in [3.8, 4) is 16.3 Å². The zero-order chi connectivity index (χ0) is 18.1. The molecular formula is C19H15N3O3S. The number of benzene rings is 2. The van der Waals surface area contributed by atoms with Crippen LogP contribution in [-0.4, -0.2) is 25.8 Å². The monoisotopic (exact) mass is 365 g/mol. The minimum absolute atomic E-state index is 0.0435. The Balaban J connectivity index is 1.49. The molecule has 4 rings (SSSR count). The van der Waals surface area contributed by atoms with Crippen molar-refractivity contribution < 1.29 is 14.6 Å². The number of phenols is 1. The Bertz CT molecular complexity index is 1100. The van der Waals surface area contributed by atoms with Gasteiger partial charge in [-0.1, -0.05) is 24.3 Å². The topological polar surface area (TPSA) is 77.2 Å².